The second-order valence-electron chi connectivity index (χ2n) is 3.12. The fraction of sp³-hybridized carbons (Fsp3) is 0.889. The molecule has 0 aromatic heterocycles. The Morgan fingerprint density at radius 2 is 2.42 bits per heavy atom. The first-order valence-corrected chi connectivity index (χ1v) is 4.59. The lowest BCUT2D eigenvalue weighted by atomic mass is 10.3. The molecule has 12 heavy (non-hydrogen) atoms. The van der Waals surface area contributed by atoms with Crippen LogP contribution < -0.4 is 0 Å². The molecule has 1 aliphatic heterocycles. The summed E-state index contributed by atoms with van der Waals surface area (Å²) < 4.78 is 5.00. The minimum absolute atomic E-state index is 0.851. The molecule has 0 saturated heterocycles. The van der Waals surface area contributed by atoms with Crippen molar-refractivity contribution in [3.05, 3.63) is 0 Å². The van der Waals surface area contributed by atoms with Crippen LogP contribution >= 0.6 is 0 Å². The number of rotatable bonds is 4. The van der Waals surface area contributed by atoms with Crippen molar-refractivity contribution in [1.29, 1.82) is 0 Å². The SMILES string of the molecule is COCCCN1CCCN=C1C. The maximum Gasteiger partial charge on any atom is 0.0957 e. The molecule has 1 heterocycles. The van der Waals surface area contributed by atoms with Crippen molar-refractivity contribution in [2.75, 3.05) is 33.4 Å². The number of hydrogen-bond donors (Lipinski definition) is 0. The molecule has 0 saturated carbocycles. The van der Waals surface area contributed by atoms with Gasteiger partial charge in [0.25, 0.3) is 0 Å². The standard InChI is InChI=1S/C9H18N2O/c1-9-10-5-3-6-11(9)7-4-8-12-2/h3-8H2,1-2H3. The third kappa shape index (κ3) is 2.81. The average molecular weight is 170 g/mol. The molecule has 3 heteroatoms. The Balaban J connectivity index is 2.21. The van der Waals surface area contributed by atoms with Gasteiger partial charge in [-0.3, -0.25) is 4.99 Å². The molecular weight excluding hydrogens is 152 g/mol. The zero-order valence-electron chi connectivity index (χ0n) is 8.05. The average Bonchev–Trinajstić information content (AvgIpc) is 2.09. The summed E-state index contributed by atoms with van der Waals surface area (Å²) in [4.78, 5) is 6.73. The fourth-order valence-corrected chi connectivity index (χ4v) is 1.44. The first-order chi connectivity index (χ1) is 5.84. The molecular formula is C9H18N2O. The zero-order chi connectivity index (χ0) is 8.81. The molecule has 0 atom stereocenters. The van der Waals surface area contributed by atoms with Crippen LogP contribution in [0.4, 0.5) is 0 Å². The van der Waals surface area contributed by atoms with Crippen molar-refractivity contribution in [2.24, 2.45) is 4.99 Å². The van der Waals surface area contributed by atoms with Gasteiger partial charge in [-0.2, -0.15) is 0 Å². The van der Waals surface area contributed by atoms with Gasteiger partial charge in [-0.25, -0.2) is 0 Å². The molecule has 0 amide bonds. The van der Waals surface area contributed by atoms with Gasteiger partial charge in [0, 0.05) is 33.4 Å². The van der Waals surface area contributed by atoms with E-state index in [2.05, 4.69) is 16.8 Å². The van der Waals surface area contributed by atoms with Crippen molar-refractivity contribution in [3.63, 3.8) is 0 Å². The van der Waals surface area contributed by atoms with Gasteiger partial charge >= 0.3 is 0 Å². The highest BCUT2D eigenvalue weighted by Crippen LogP contribution is 2.03. The molecule has 3 nitrogen and oxygen atoms in total. The molecule has 0 aromatic carbocycles. The van der Waals surface area contributed by atoms with Crippen LogP contribution in [0.2, 0.25) is 0 Å². The van der Waals surface area contributed by atoms with Gasteiger partial charge in [0.2, 0.25) is 0 Å². The van der Waals surface area contributed by atoms with Gasteiger partial charge in [-0.1, -0.05) is 0 Å². The van der Waals surface area contributed by atoms with Gasteiger partial charge < -0.3 is 9.64 Å². The lowest BCUT2D eigenvalue weighted by Crippen LogP contribution is -2.34. The van der Waals surface area contributed by atoms with Crippen LogP contribution in [-0.4, -0.2) is 44.1 Å². The molecule has 1 rings (SSSR count). The van der Waals surface area contributed by atoms with E-state index >= 15 is 0 Å². The molecule has 0 bridgehead atoms. The molecule has 1 aliphatic rings. The van der Waals surface area contributed by atoms with Crippen molar-refractivity contribution < 1.29 is 4.74 Å². The van der Waals surface area contributed by atoms with E-state index < -0.39 is 0 Å². The van der Waals surface area contributed by atoms with Crippen molar-refractivity contribution >= 4 is 5.84 Å². The van der Waals surface area contributed by atoms with Crippen molar-refractivity contribution in [1.82, 2.24) is 4.90 Å². The van der Waals surface area contributed by atoms with Crippen LogP contribution in [0.1, 0.15) is 19.8 Å². The molecule has 0 aromatic rings. The number of aliphatic imine (C=N–C) groups is 1. The highest BCUT2D eigenvalue weighted by molar-refractivity contribution is 5.80. The third-order valence-electron chi connectivity index (χ3n) is 2.16. The van der Waals surface area contributed by atoms with E-state index in [1.807, 2.05) is 0 Å². The number of amidine groups is 1. The van der Waals surface area contributed by atoms with E-state index in [9.17, 15) is 0 Å². The van der Waals surface area contributed by atoms with E-state index in [-0.39, 0.29) is 0 Å². The van der Waals surface area contributed by atoms with Crippen LogP contribution in [0.3, 0.4) is 0 Å². The quantitative estimate of drug-likeness (QED) is 0.591. The predicted octanol–water partition coefficient (Wildman–Crippen LogP) is 1.15. The molecule has 0 fully saturated rings. The second-order valence-corrected chi connectivity index (χ2v) is 3.12. The van der Waals surface area contributed by atoms with E-state index in [0.717, 1.165) is 26.1 Å². The molecule has 0 aliphatic carbocycles. The van der Waals surface area contributed by atoms with E-state index in [1.165, 1.54) is 18.8 Å². The van der Waals surface area contributed by atoms with Gasteiger partial charge in [-0.05, 0) is 19.8 Å². The number of methoxy groups -OCH3 is 1. The molecule has 0 N–H and O–H groups in total. The van der Waals surface area contributed by atoms with Gasteiger partial charge in [0.15, 0.2) is 0 Å². The van der Waals surface area contributed by atoms with Crippen LogP contribution in [0, 0.1) is 0 Å². The monoisotopic (exact) mass is 170 g/mol. The molecule has 0 unspecified atom stereocenters. The predicted molar refractivity (Wildman–Crippen MR) is 50.7 cm³/mol. The summed E-state index contributed by atoms with van der Waals surface area (Å²) in [5, 5.41) is 0. The summed E-state index contributed by atoms with van der Waals surface area (Å²) >= 11 is 0. The highest BCUT2D eigenvalue weighted by Gasteiger charge is 2.09. The minimum atomic E-state index is 0.851. The third-order valence-corrected chi connectivity index (χ3v) is 2.16. The normalized spacial score (nSPS) is 17.8. The van der Waals surface area contributed by atoms with E-state index in [1.54, 1.807) is 7.11 Å². The maximum atomic E-state index is 5.00. The first-order valence-electron chi connectivity index (χ1n) is 4.59. The van der Waals surface area contributed by atoms with Crippen molar-refractivity contribution in [2.45, 2.75) is 19.8 Å². The topological polar surface area (TPSA) is 24.8 Å². The second kappa shape index (κ2) is 5.14. The lowest BCUT2D eigenvalue weighted by molar-refractivity contribution is 0.185. The summed E-state index contributed by atoms with van der Waals surface area (Å²) in [6.45, 7) is 6.20. The Labute approximate surface area is 74.4 Å². The zero-order valence-corrected chi connectivity index (χ0v) is 8.05. The Kier molecular flexibility index (Phi) is 4.08. The molecule has 0 spiro atoms. The molecule has 70 valence electrons. The van der Waals surface area contributed by atoms with Crippen LogP contribution in [0.5, 0.6) is 0 Å². The minimum Gasteiger partial charge on any atom is -0.385 e. The summed E-state index contributed by atoms with van der Waals surface area (Å²) in [5.74, 6) is 1.19. The fourth-order valence-electron chi connectivity index (χ4n) is 1.44. The lowest BCUT2D eigenvalue weighted by Gasteiger charge is -2.27. The number of ether oxygens (including phenoxy) is 1. The van der Waals surface area contributed by atoms with Crippen molar-refractivity contribution in [3.8, 4) is 0 Å². The smallest absolute Gasteiger partial charge is 0.0957 e. The summed E-state index contributed by atoms with van der Waals surface area (Å²) in [5.41, 5.74) is 0. The van der Waals surface area contributed by atoms with Gasteiger partial charge in [-0.15, -0.1) is 0 Å². The number of hydrogen-bond acceptors (Lipinski definition) is 3. The van der Waals surface area contributed by atoms with Gasteiger partial charge in [0.1, 0.15) is 0 Å². The summed E-state index contributed by atoms with van der Waals surface area (Å²) in [7, 11) is 1.75. The Hall–Kier alpha value is -0.570. The number of nitrogens with zero attached hydrogens (tertiary/aromatic N) is 2. The largest absolute Gasteiger partial charge is 0.385 e. The highest BCUT2D eigenvalue weighted by atomic mass is 16.5. The molecule has 0 radical (unpaired) electrons. The Bertz CT molecular complexity index is 157. The van der Waals surface area contributed by atoms with E-state index in [0.29, 0.717) is 0 Å². The van der Waals surface area contributed by atoms with E-state index in [4.69, 9.17) is 4.74 Å². The van der Waals surface area contributed by atoms with Gasteiger partial charge in [0.05, 0.1) is 5.84 Å². The maximum absolute atomic E-state index is 5.00. The van der Waals surface area contributed by atoms with Crippen LogP contribution in [-0.2, 0) is 4.74 Å². The first kappa shape index (κ1) is 9.52. The summed E-state index contributed by atoms with van der Waals surface area (Å²) in [6.07, 6.45) is 2.30. The summed E-state index contributed by atoms with van der Waals surface area (Å²) in [6, 6.07) is 0. The van der Waals surface area contributed by atoms with Crippen LogP contribution in [0.15, 0.2) is 4.99 Å². The Morgan fingerprint density at radius 1 is 1.58 bits per heavy atom. The van der Waals surface area contributed by atoms with Crippen LogP contribution in [0.25, 0.3) is 0 Å². The Morgan fingerprint density at radius 3 is 3.08 bits per heavy atom.